The number of benzene rings is 1. The van der Waals surface area contributed by atoms with E-state index in [1.165, 1.54) is 0 Å². The van der Waals surface area contributed by atoms with Crippen molar-refractivity contribution in [1.29, 1.82) is 0 Å². The van der Waals surface area contributed by atoms with Gasteiger partial charge in [0.2, 0.25) is 0 Å². The van der Waals surface area contributed by atoms with Gasteiger partial charge in [0.05, 0.1) is 15.9 Å². The highest BCUT2D eigenvalue weighted by molar-refractivity contribution is 9.10. The third kappa shape index (κ3) is 1.70. The number of aromatic amines is 1. The van der Waals surface area contributed by atoms with E-state index in [2.05, 4.69) is 20.9 Å². The smallest absolute Gasteiger partial charge is 0.305 e. The van der Waals surface area contributed by atoms with Crippen molar-refractivity contribution in [3.8, 4) is 0 Å². The first-order chi connectivity index (χ1) is 7.54. The highest BCUT2D eigenvalue weighted by atomic mass is 79.9. The summed E-state index contributed by atoms with van der Waals surface area (Å²) >= 11 is 9.21. The van der Waals surface area contributed by atoms with Gasteiger partial charge in [-0.05, 0) is 19.1 Å². The largest absolute Gasteiger partial charge is 0.328 e. The molecule has 0 spiro atoms. The van der Waals surface area contributed by atoms with E-state index in [0.29, 0.717) is 26.9 Å². The zero-order valence-electron chi connectivity index (χ0n) is 8.38. The van der Waals surface area contributed by atoms with Gasteiger partial charge in [0, 0.05) is 11.0 Å². The fourth-order valence-electron chi connectivity index (χ4n) is 1.57. The van der Waals surface area contributed by atoms with Gasteiger partial charge in [-0.25, -0.2) is 4.79 Å². The van der Waals surface area contributed by atoms with Gasteiger partial charge in [-0.15, -0.1) is 0 Å². The van der Waals surface area contributed by atoms with Crippen LogP contribution >= 0.6 is 27.5 Å². The first-order valence-electron chi connectivity index (χ1n) is 4.66. The van der Waals surface area contributed by atoms with Gasteiger partial charge in [-0.1, -0.05) is 27.5 Å². The Kier molecular flexibility index (Phi) is 2.90. The summed E-state index contributed by atoms with van der Waals surface area (Å²) in [5, 5.41) is 0.752. The quantitative estimate of drug-likeness (QED) is 0.877. The predicted octanol–water partition coefficient (Wildman–Crippen LogP) is 2.13. The normalized spacial score (nSPS) is 10.9. The summed E-state index contributed by atoms with van der Waals surface area (Å²) in [6.45, 7) is 2.07. The SMILES string of the molecule is CCn1c(=O)[nH]c2c(Cl)cc(Br)cc2c1=O. The third-order valence-corrected chi connectivity index (χ3v) is 3.08. The average Bonchev–Trinajstić information content (AvgIpc) is 2.21. The molecule has 6 heteroatoms. The number of halogens is 2. The molecule has 0 saturated carbocycles. The van der Waals surface area contributed by atoms with Crippen LogP contribution in [0.25, 0.3) is 10.9 Å². The molecule has 0 amide bonds. The van der Waals surface area contributed by atoms with Crippen LogP contribution in [-0.4, -0.2) is 9.55 Å². The molecule has 2 aromatic rings. The second-order valence-corrected chi connectivity index (χ2v) is 4.61. The number of hydrogen-bond donors (Lipinski definition) is 1. The minimum Gasteiger partial charge on any atom is -0.305 e. The highest BCUT2D eigenvalue weighted by Gasteiger charge is 2.09. The lowest BCUT2D eigenvalue weighted by atomic mass is 10.2. The Hall–Kier alpha value is -1.07. The molecular weight excluding hydrogens is 295 g/mol. The summed E-state index contributed by atoms with van der Waals surface area (Å²) in [5.74, 6) is 0. The summed E-state index contributed by atoms with van der Waals surface area (Å²) in [4.78, 5) is 26.1. The molecule has 0 saturated heterocycles. The molecule has 1 aromatic heterocycles. The van der Waals surface area contributed by atoms with Crippen LogP contribution in [-0.2, 0) is 6.54 Å². The van der Waals surface area contributed by atoms with Crippen molar-refractivity contribution in [2.45, 2.75) is 13.5 Å². The summed E-state index contributed by atoms with van der Waals surface area (Å²) < 4.78 is 1.84. The van der Waals surface area contributed by atoms with Crippen LogP contribution < -0.4 is 11.2 Å². The van der Waals surface area contributed by atoms with E-state index in [1.807, 2.05) is 0 Å². The minimum atomic E-state index is -0.441. The van der Waals surface area contributed by atoms with Gasteiger partial charge in [-0.2, -0.15) is 0 Å². The lowest BCUT2D eigenvalue weighted by Crippen LogP contribution is -2.34. The molecular formula is C10H8BrClN2O2. The Morgan fingerprint density at radius 2 is 2.12 bits per heavy atom. The van der Waals surface area contributed by atoms with Crippen LogP contribution in [0, 0.1) is 0 Å². The molecule has 4 nitrogen and oxygen atoms in total. The fourth-order valence-corrected chi connectivity index (χ4v) is 2.42. The molecule has 0 aliphatic heterocycles. The Labute approximate surface area is 104 Å². The minimum absolute atomic E-state index is 0.328. The Balaban J connectivity index is 3.05. The predicted molar refractivity (Wildman–Crippen MR) is 67.2 cm³/mol. The Morgan fingerprint density at radius 1 is 1.44 bits per heavy atom. The van der Waals surface area contributed by atoms with Gasteiger partial charge < -0.3 is 4.98 Å². The molecule has 0 fully saturated rings. The molecule has 0 aliphatic rings. The van der Waals surface area contributed by atoms with Crippen molar-refractivity contribution in [3.63, 3.8) is 0 Å². The highest BCUT2D eigenvalue weighted by Crippen LogP contribution is 2.23. The van der Waals surface area contributed by atoms with Gasteiger partial charge >= 0.3 is 5.69 Å². The topological polar surface area (TPSA) is 54.9 Å². The molecule has 1 aromatic carbocycles. The molecule has 1 heterocycles. The van der Waals surface area contributed by atoms with Crippen LogP contribution in [0.3, 0.4) is 0 Å². The van der Waals surface area contributed by atoms with Crippen LogP contribution in [0.15, 0.2) is 26.2 Å². The second kappa shape index (κ2) is 4.07. The average molecular weight is 304 g/mol. The first kappa shape index (κ1) is 11.4. The van der Waals surface area contributed by atoms with E-state index in [4.69, 9.17) is 11.6 Å². The number of nitrogens with zero attached hydrogens (tertiary/aromatic N) is 1. The van der Waals surface area contributed by atoms with Crippen molar-refractivity contribution in [2.24, 2.45) is 0 Å². The molecule has 1 N–H and O–H groups in total. The van der Waals surface area contributed by atoms with Crippen molar-refractivity contribution in [3.05, 3.63) is 42.5 Å². The summed E-state index contributed by atoms with van der Waals surface area (Å²) in [7, 11) is 0. The standard InChI is InChI=1S/C10H8BrClN2O2/c1-2-14-9(15)6-3-5(11)4-7(12)8(6)13-10(14)16/h3-4H,2H2,1H3,(H,13,16). The lowest BCUT2D eigenvalue weighted by Gasteiger charge is -2.05. The zero-order valence-corrected chi connectivity index (χ0v) is 10.7. The number of H-pyrrole nitrogens is 1. The number of hydrogen-bond acceptors (Lipinski definition) is 2. The van der Waals surface area contributed by atoms with Gasteiger partial charge in [0.1, 0.15) is 0 Å². The molecule has 0 radical (unpaired) electrons. The van der Waals surface area contributed by atoms with Crippen LogP contribution in [0.2, 0.25) is 5.02 Å². The number of nitrogens with one attached hydrogen (secondary N) is 1. The Bertz CT molecular complexity index is 675. The van der Waals surface area contributed by atoms with E-state index in [9.17, 15) is 9.59 Å². The molecule has 2 rings (SSSR count). The van der Waals surface area contributed by atoms with E-state index in [1.54, 1.807) is 19.1 Å². The maximum absolute atomic E-state index is 11.9. The summed E-state index contributed by atoms with van der Waals surface area (Å²) in [5.41, 5.74) is -0.391. The number of fused-ring (bicyclic) bond motifs is 1. The summed E-state index contributed by atoms with van der Waals surface area (Å²) in [6, 6.07) is 3.28. The van der Waals surface area contributed by atoms with E-state index < -0.39 is 5.69 Å². The number of aromatic nitrogens is 2. The zero-order chi connectivity index (χ0) is 11.9. The van der Waals surface area contributed by atoms with Gasteiger partial charge in [0.15, 0.2) is 0 Å². The van der Waals surface area contributed by atoms with Crippen LogP contribution in [0.4, 0.5) is 0 Å². The fraction of sp³-hybridized carbons (Fsp3) is 0.200. The van der Waals surface area contributed by atoms with Crippen molar-refractivity contribution < 1.29 is 0 Å². The molecule has 0 atom stereocenters. The maximum Gasteiger partial charge on any atom is 0.328 e. The monoisotopic (exact) mass is 302 g/mol. The van der Waals surface area contributed by atoms with Gasteiger partial charge in [0.25, 0.3) is 5.56 Å². The lowest BCUT2D eigenvalue weighted by molar-refractivity contribution is 0.684. The Morgan fingerprint density at radius 3 is 2.75 bits per heavy atom. The van der Waals surface area contributed by atoms with Gasteiger partial charge in [-0.3, -0.25) is 9.36 Å². The first-order valence-corrected chi connectivity index (χ1v) is 5.83. The van der Waals surface area contributed by atoms with Crippen LogP contribution in [0.5, 0.6) is 0 Å². The number of rotatable bonds is 1. The van der Waals surface area contributed by atoms with E-state index in [0.717, 1.165) is 4.57 Å². The van der Waals surface area contributed by atoms with E-state index >= 15 is 0 Å². The molecule has 84 valence electrons. The molecule has 0 unspecified atom stereocenters. The van der Waals surface area contributed by atoms with Crippen molar-refractivity contribution >= 4 is 38.4 Å². The summed E-state index contributed by atoms with van der Waals surface area (Å²) in [6.07, 6.45) is 0. The maximum atomic E-state index is 11.9. The van der Waals surface area contributed by atoms with E-state index in [-0.39, 0.29) is 5.56 Å². The van der Waals surface area contributed by atoms with Crippen LogP contribution in [0.1, 0.15) is 6.92 Å². The third-order valence-electron chi connectivity index (χ3n) is 2.32. The molecule has 16 heavy (non-hydrogen) atoms. The van der Waals surface area contributed by atoms with Crippen molar-refractivity contribution in [1.82, 2.24) is 9.55 Å². The molecule has 0 aliphatic carbocycles. The molecule has 0 bridgehead atoms. The van der Waals surface area contributed by atoms with Crippen molar-refractivity contribution in [2.75, 3.05) is 0 Å². The second-order valence-electron chi connectivity index (χ2n) is 3.29.